The lowest BCUT2D eigenvalue weighted by Crippen LogP contribution is -2.13. The van der Waals surface area contributed by atoms with Gasteiger partial charge in [0.15, 0.2) is 6.10 Å². The molecule has 0 aliphatic carbocycles. The highest BCUT2D eigenvalue weighted by Gasteiger charge is 2.24. The molecule has 0 fully saturated rings. The number of carbonyl (C=O) groups is 1. The van der Waals surface area contributed by atoms with Crippen molar-refractivity contribution in [2.45, 2.75) is 6.10 Å². The first kappa shape index (κ1) is 14.8. The van der Waals surface area contributed by atoms with E-state index in [0.29, 0.717) is 15.6 Å². The second-order valence-electron chi connectivity index (χ2n) is 4.10. The number of aliphatic hydroxyl groups excluding tert-OH is 1. The first-order valence-corrected chi connectivity index (χ1v) is 6.31. The van der Waals surface area contributed by atoms with E-state index in [-0.39, 0.29) is 11.1 Å². The van der Waals surface area contributed by atoms with Gasteiger partial charge in [-0.1, -0.05) is 35.3 Å². The molecule has 0 radical (unpaired) electrons. The molecule has 0 saturated carbocycles. The van der Waals surface area contributed by atoms with E-state index in [1.807, 2.05) is 0 Å². The summed E-state index contributed by atoms with van der Waals surface area (Å²) in [6.45, 7) is 0. The normalized spacial score (nSPS) is 12.2. The average Bonchev–Trinajstić information content (AvgIpc) is 2.36. The van der Waals surface area contributed by atoms with Gasteiger partial charge in [0.2, 0.25) is 0 Å². The molecule has 0 amide bonds. The molecule has 104 valence electrons. The van der Waals surface area contributed by atoms with Crippen LogP contribution in [0.5, 0.6) is 0 Å². The van der Waals surface area contributed by atoms with Gasteiger partial charge < -0.3 is 10.2 Å². The second kappa shape index (κ2) is 5.79. The maximum atomic E-state index is 13.9. The van der Waals surface area contributed by atoms with E-state index in [1.165, 1.54) is 30.3 Å². The summed E-state index contributed by atoms with van der Waals surface area (Å²) in [6, 6.07) is 8.51. The first-order chi connectivity index (χ1) is 9.40. The maximum Gasteiger partial charge on any atom is 0.337 e. The van der Waals surface area contributed by atoms with Crippen LogP contribution in [0.1, 0.15) is 11.7 Å². The van der Waals surface area contributed by atoms with Crippen molar-refractivity contribution in [3.8, 4) is 11.1 Å². The maximum absolute atomic E-state index is 13.9. The fourth-order valence-electron chi connectivity index (χ4n) is 1.90. The van der Waals surface area contributed by atoms with Gasteiger partial charge in [-0.25, -0.2) is 9.18 Å². The van der Waals surface area contributed by atoms with E-state index in [4.69, 9.17) is 28.3 Å². The van der Waals surface area contributed by atoms with Crippen molar-refractivity contribution >= 4 is 29.2 Å². The van der Waals surface area contributed by atoms with Crippen molar-refractivity contribution in [2.75, 3.05) is 0 Å². The molecule has 0 aliphatic rings. The Morgan fingerprint density at radius 2 is 1.75 bits per heavy atom. The zero-order valence-corrected chi connectivity index (χ0v) is 11.5. The van der Waals surface area contributed by atoms with Crippen LogP contribution in [-0.4, -0.2) is 16.2 Å². The quantitative estimate of drug-likeness (QED) is 0.902. The van der Waals surface area contributed by atoms with Crippen LogP contribution >= 0.6 is 23.2 Å². The van der Waals surface area contributed by atoms with Crippen molar-refractivity contribution in [1.29, 1.82) is 0 Å². The third kappa shape index (κ3) is 2.93. The van der Waals surface area contributed by atoms with Gasteiger partial charge in [0.25, 0.3) is 0 Å². The number of aliphatic carboxylic acids is 1. The van der Waals surface area contributed by atoms with Gasteiger partial charge in [-0.2, -0.15) is 0 Å². The van der Waals surface area contributed by atoms with Gasteiger partial charge in [-0.05, 0) is 35.4 Å². The predicted molar refractivity (Wildman–Crippen MR) is 74.5 cm³/mol. The zero-order valence-electron chi connectivity index (χ0n) is 9.98. The van der Waals surface area contributed by atoms with Gasteiger partial charge in [0, 0.05) is 15.6 Å². The average molecular weight is 315 g/mol. The summed E-state index contributed by atoms with van der Waals surface area (Å²) in [6.07, 6.45) is -1.97. The molecule has 2 N–H and O–H groups in total. The number of carboxylic acid groups (broad SMARTS) is 1. The van der Waals surface area contributed by atoms with Crippen LogP contribution in [0.4, 0.5) is 4.39 Å². The smallest absolute Gasteiger partial charge is 0.337 e. The minimum atomic E-state index is -1.97. The lowest BCUT2D eigenvalue weighted by Gasteiger charge is -2.14. The minimum absolute atomic E-state index is 0.226. The van der Waals surface area contributed by atoms with Gasteiger partial charge in [0.1, 0.15) is 5.82 Å². The van der Waals surface area contributed by atoms with Gasteiger partial charge in [0.05, 0.1) is 0 Å². The number of benzene rings is 2. The molecular weight excluding hydrogens is 306 g/mol. The summed E-state index contributed by atoms with van der Waals surface area (Å²) >= 11 is 11.8. The zero-order chi connectivity index (χ0) is 14.9. The number of carboxylic acids is 1. The van der Waals surface area contributed by atoms with Crippen LogP contribution < -0.4 is 0 Å². The Bertz CT molecular complexity index is 653. The number of halogens is 3. The summed E-state index contributed by atoms with van der Waals surface area (Å²) in [7, 11) is 0. The van der Waals surface area contributed by atoms with Crippen LogP contribution in [0.25, 0.3) is 11.1 Å². The van der Waals surface area contributed by atoms with E-state index < -0.39 is 17.9 Å². The largest absolute Gasteiger partial charge is 0.479 e. The molecule has 0 spiro atoms. The van der Waals surface area contributed by atoms with Crippen molar-refractivity contribution in [3.05, 3.63) is 57.8 Å². The molecular formula is C14H9Cl2FO3. The second-order valence-corrected chi connectivity index (χ2v) is 4.97. The van der Waals surface area contributed by atoms with Crippen LogP contribution in [0.3, 0.4) is 0 Å². The third-order valence-corrected chi connectivity index (χ3v) is 3.17. The van der Waals surface area contributed by atoms with E-state index in [2.05, 4.69) is 0 Å². The van der Waals surface area contributed by atoms with E-state index in [9.17, 15) is 14.3 Å². The molecule has 2 aromatic rings. The SMILES string of the molecule is O=C(O)C(O)c1c(F)cccc1-c1cc(Cl)cc(Cl)c1. The van der Waals surface area contributed by atoms with Crippen molar-refractivity contribution in [3.63, 3.8) is 0 Å². The molecule has 0 bridgehead atoms. The molecule has 0 aliphatic heterocycles. The Hall–Kier alpha value is -1.62. The Morgan fingerprint density at radius 3 is 2.30 bits per heavy atom. The van der Waals surface area contributed by atoms with Crippen LogP contribution in [0.15, 0.2) is 36.4 Å². The number of rotatable bonds is 3. The molecule has 0 heterocycles. The number of hydrogen-bond acceptors (Lipinski definition) is 2. The molecule has 2 aromatic carbocycles. The topological polar surface area (TPSA) is 57.5 Å². The molecule has 2 rings (SSSR count). The van der Waals surface area contributed by atoms with Gasteiger partial charge in [-0.15, -0.1) is 0 Å². The first-order valence-electron chi connectivity index (χ1n) is 5.56. The van der Waals surface area contributed by atoms with Gasteiger partial charge >= 0.3 is 5.97 Å². The third-order valence-electron chi connectivity index (χ3n) is 2.73. The molecule has 20 heavy (non-hydrogen) atoms. The Labute approximate surface area is 124 Å². The molecule has 1 unspecified atom stereocenters. The fourth-order valence-corrected chi connectivity index (χ4v) is 2.43. The highest BCUT2D eigenvalue weighted by Crippen LogP contribution is 2.33. The summed E-state index contributed by atoms with van der Waals surface area (Å²) in [5.41, 5.74) is 0.333. The highest BCUT2D eigenvalue weighted by atomic mass is 35.5. The lowest BCUT2D eigenvalue weighted by atomic mass is 9.95. The Kier molecular flexibility index (Phi) is 4.28. The van der Waals surface area contributed by atoms with E-state index in [1.54, 1.807) is 0 Å². The molecule has 0 saturated heterocycles. The Morgan fingerprint density at radius 1 is 1.15 bits per heavy atom. The highest BCUT2D eigenvalue weighted by molar-refractivity contribution is 6.35. The van der Waals surface area contributed by atoms with Crippen LogP contribution in [0, 0.1) is 5.82 Å². The van der Waals surface area contributed by atoms with E-state index in [0.717, 1.165) is 6.07 Å². The predicted octanol–water partition coefficient (Wildman–Crippen LogP) is 3.92. The van der Waals surface area contributed by atoms with E-state index >= 15 is 0 Å². The van der Waals surface area contributed by atoms with Crippen molar-refractivity contribution < 1.29 is 19.4 Å². The summed E-state index contributed by atoms with van der Waals surface area (Å²) in [4.78, 5) is 10.9. The van der Waals surface area contributed by atoms with Crippen LogP contribution in [0.2, 0.25) is 10.0 Å². The molecule has 6 heteroatoms. The van der Waals surface area contributed by atoms with Gasteiger partial charge in [-0.3, -0.25) is 0 Å². The Balaban J connectivity index is 2.68. The fraction of sp³-hybridized carbons (Fsp3) is 0.0714. The molecule has 1 atom stereocenters. The molecule has 0 aromatic heterocycles. The lowest BCUT2D eigenvalue weighted by molar-refractivity contribution is -0.147. The summed E-state index contributed by atoms with van der Waals surface area (Å²) < 4.78 is 13.9. The number of aliphatic hydroxyl groups is 1. The summed E-state index contributed by atoms with van der Waals surface area (Å²) in [5.74, 6) is -2.35. The standard InChI is InChI=1S/C14H9Cl2FO3/c15-8-4-7(5-9(16)6-8)10-2-1-3-11(17)12(10)13(18)14(19)20/h1-6,13,18H,(H,19,20). The monoisotopic (exact) mass is 314 g/mol. The van der Waals surface area contributed by atoms with Crippen molar-refractivity contribution in [2.24, 2.45) is 0 Å². The number of hydrogen-bond donors (Lipinski definition) is 2. The summed E-state index contributed by atoms with van der Waals surface area (Å²) in [5, 5.41) is 19.2. The minimum Gasteiger partial charge on any atom is -0.479 e. The molecule has 3 nitrogen and oxygen atoms in total. The van der Waals surface area contributed by atoms with Crippen LogP contribution in [-0.2, 0) is 4.79 Å². The van der Waals surface area contributed by atoms with Crippen molar-refractivity contribution in [1.82, 2.24) is 0 Å².